The Labute approximate surface area is 155 Å². The SMILES string of the molecule is Cc1nc(Cl)c([N+](=O)[O-])c(N[C@@H]2C[C@H](OCCO)[C@H]3OC(C)(C)O[C@H]32)n1. The Bertz CT molecular complexity index is 703. The molecule has 0 bridgehead atoms. The van der Waals surface area contributed by atoms with Crippen molar-refractivity contribution in [3.63, 3.8) is 0 Å². The molecule has 3 rings (SSSR count). The van der Waals surface area contributed by atoms with Crippen LogP contribution < -0.4 is 5.32 Å². The number of hydrogen-bond donors (Lipinski definition) is 2. The molecule has 1 aliphatic carbocycles. The molecular formula is C15H21ClN4O6. The minimum atomic E-state index is -0.804. The zero-order chi connectivity index (χ0) is 19.1. The van der Waals surface area contributed by atoms with E-state index in [0.29, 0.717) is 12.2 Å². The lowest BCUT2D eigenvalue weighted by atomic mass is 10.2. The highest BCUT2D eigenvalue weighted by Crippen LogP contribution is 2.41. The second kappa shape index (κ2) is 7.20. The Kier molecular flexibility index (Phi) is 5.31. The van der Waals surface area contributed by atoms with Gasteiger partial charge in [-0.25, -0.2) is 9.97 Å². The molecule has 0 amide bonds. The summed E-state index contributed by atoms with van der Waals surface area (Å²) in [4.78, 5) is 18.7. The average Bonchev–Trinajstić information content (AvgIpc) is 2.98. The van der Waals surface area contributed by atoms with Crippen LogP contribution in [-0.2, 0) is 14.2 Å². The van der Waals surface area contributed by atoms with E-state index in [4.69, 9.17) is 30.9 Å². The van der Waals surface area contributed by atoms with Gasteiger partial charge in [-0.2, -0.15) is 0 Å². The molecule has 0 radical (unpaired) electrons. The third-order valence-electron chi connectivity index (χ3n) is 4.29. The summed E-state index contributed by atoms with van der Waals surface area (Å²) in [5.74, 6) is -0.455. The molecule has 2 N–H and O–H groups in total. The van der Waals surface area contributed by atoms with Gasteiger partial charge in [0.05, 0.1) is 30.3 Å². The van der Waals surface area contributed by atoms with E-state index in [2.05, 4.69) is 15.3 Å². The summed E-state index contributed by atoms with van der Waals surface area (Å²) in [7, 11) is 0. The first kappa shape index (κ1) is 19.2. The number of aryl methyl sites for hydroxylation is 1. The minimum absolute atomic E-state index is 0.0346. The molecule has 1 aromatic rings. The van der Waals surface area contributed by atoms with Gasteiger partial charge < -0.3 is 24.6 Å². The van der Waals surface area contributed by atoms with Gasteiger partial charge in [0, 0.05) is 0 Å². The lowest BCUT2D eigenvalue weighted by Crippen LogP contribution is -2.35. The van der Waals surface area contributed by atoms with Gasteiger partial charge in [-0.3, -0.25) is 10.1 Å². The van der Waals surface area contributed by atoms with E-state index >= 15 is 0 Å². The van der Waals surface area contributed by atoms with Crippen LogP contribution >= 0.6 is 11.6 Å². The molecule has 4 atom stereocenters. The van der Waals surface area contributed by atoms with Crippen LogP contribution in [0, 0.1) is 17.0 Å². The van der Waals surface area contributed by atoms with Crippen molar-refractivity contribution in [3.05, 3.63) is 21.1 Å². The molecule has 11 heteroatoms. The minimum Gasteiger partial charge on any atom is -0.394 e. The molecule has 2 fully saturated rings. The van der Waals surface area contributed by atoms with Crippen LogP contribution in [-0.4, -0.2) is 63.4 Å². The summed E-state index contributed by atoms with van der Waals surface area (Å²) in [6.45, 7) is 5.24. The Balaban J connectivity index is 1.87. The summed E-state index contributed by atoms with van der Waals surface area (Å²) in [6.07, 6.45) is -0.582. The summed E-state index contributed by atoms with van der Waals surface area (Å²) in [5.41, 5.74) is -0.383. The first-order chi connectivity index (χ1) is 12.2. The standard InChI is InChI=1S/C15H21ClN4O6/c1-7-17-13(16)10(20(22)23)14(18-7)19-8-6-9(24-5-4-21)12-11(8)25-15(2,3)26-12/h8-9,11-12,21H,4-6H2,1-3H3,(H,17,18,19)/t8-,9+,11+,12-/m1/s1. The predicted molar refractivity (Wildman–Crippen MR) is 91.1 cm³/mol. The maximum Gasteiger partial charge on any atom is 0.348 e. The van der Waals surface area contributed by atoms with E-state index in [9.17, 15) is 10.1 Å². The lowest BCUT2D eigenvalue weighted by molar-refractivity contribution is -0.384. The van der Waals surface area contributed by atoms with Crippen molar-refractivity contribution in [1.82, 2.24) is 9.97 Å². The van der Waals surface area contributed by atoms with Crippen molar-refractivity contribution in [3.8, 4) is 0 Å². The largest absolute Gasteiger partial charge is 0.394 e. The van der Waals surface area contributed by atoms with E-state index in [1.54, 1.807) is 20.8 Å². The highest BCUT2D eigenvalue weighted by Gasteiger charge is 2.55. The Morgan fingerprint density at radius 2 is 2.12 bits per heavy atom. The van der Waals surface area contributed by atoms with Crippen LogP contribution in [0.25, 0.3) is 0 Å². The lowest BCUT2D eigenvalue weighted by Gasteiger charge is -2.24. The number of rotatable bonds is 6. The number of aliphatic hydroxyl groups is 1. The molecule has 10 nitrogen and oxygen atoms in total. The number of hydrogen-bond acceptors (Lipinski definition) is 9. The van der Waals surface area contributed by atoms with Gasteiger partial charge >= 0.3 is 5.69 Å². The van der Waals surface area contributed by atoms with Gasteiger partial charge in [0.25, 0.3) is 0 Å². The highest BCUT2D eigenvalue weighted by molar-refractivity contribution is 6.31. The molecule has 1 aliphatic heterocycles. The molecule has 0 unspecified atom stereocenters. The number of aromatic nitrogens is 2. The molecule has 1 saturated heterocycles. The number of nitrogens with one attached hydrogen (secondary N) is 1. The second-order valence-electron chi connectivity index (χ2n) is 6.70. The van der Waals surface area contributed by atoms with Gasteiger partial charge in [-0.15, -0.1) is 0 Å². The van der Waals surface area contributed by atoms with Gasteiger partial charge in [0.1, 0.15) is 18.0 Å². The zero-order valence-electron chi connectivity index (χ0n) is 14.6. The molecule has 26 heavy (non-hydrogen) atoms. The van der Waals surface area contributed by atoms with Crippen molar-refractivity contribution >= 4 is 23.1 Å². The normalized spacial score (nSPS) is 29.6. The number of nitrogens with zero attached hydrogens (tertiary/aromatic N) is 3. The topological polar surface area (TPSA) is 129 Å². The van der Waals surface area contributed by atoms with Crippen LogP contribution in [0.3, 0.4) is 0 Å². The maximum absolute atomic E-state index is 11.4. The molecule has 144 valence electrons. The van der Waals surface area contributed by atoms with Crippen LogP contribution in [0.1, 0.15) is 26.1 Å². The average molecular weight is 389 g/mol. The maximum atomic E-state index is 11.4. The third-order valence-corrected chi connectivity index (χ3v) is 4.56. The van der Waals surface area contributed by atoms with Crippen molar-refractivity contribution in [2.75, 3.05) is 18.5 Å². The Morgan fingerprint density at radius 1 is 1.42 bits per heavy atom. The first-order valence-electron chi connectivity index (χ1n) is 8.25. The summed E-state index contributed by atoms with van der Waals surface area (Å²) >= 11 is 5.93. The smallest absolute Gasteiger partial charge is 0.348 e. The number of halogens is 1. The molecule has 2 heterocycles. The molecule has 2 aliphatic rings. The number of nitro groups is 1. The molecule has 1 aromatic heterocycles. The van der Waals surface area contributed by atoms with Crippen LogP contribution in [0.2, 0.25) is 5.15 Å². The number of anilines is 1. The second-order valence-corrected chi connectivity index (χ2v) is 7.06. The summed E-state index contributed by atoms with van der Waals surface area (Å²) < 4.78 is 17.5. The predicted octanol–water partition coefficient (Wildman–Crippen LogP) is 1.43. The van der Waals surface area contributed by atoms with Crippen molar-refractivity contribution in [1.29, 1.82) is 0 Å². The number of aliphatic hydroxyl groups excluding tert-OH is 1. The fourth-order valence-electron chi connectivity index (χ4n) is 3.41. The first-order valence-corrected chi connectivity index (χ1v) is 8.63. The van der Waals surface area contributed by atoms with Gasteiger partial charge in [0.15, 0.2) is 5.79 Å². The van der Waals surface area contributed by atoms with Crippen LogP contribution in [0.15, 0.2) is 0 Å². The number of fused-ring (bicyclic) bond motifs is 1. The van der Waals surface area contributed by atoms with Crippen LogP contribution in [0.4, 0.5) is 11.5 Å². The van der Waals surface area contributed by atoms with E-state index in [1.165, 1.54) is 0 Å². The quantitative estimate of drug-likeness (QED) is 0.422. The van der Waals surface area contributed by atoms with Gasteiger partial charge in [-0.1, -0.05) is 11.6 Å². The monoisotopic (exact) mass is 388 g/mol. The van der Waals surface area contributed by atoms with Crippen molar-refractivity contribution < 1.29 is 24.2 Å². The van der Waals surface area contributed by atoms with Gasteiger partial charge in [0.2, 0.25) is 11.0 Å². The highest BCUT2D eigenvalue weighted by atomic mass is 35.5. The summed E-state index contributed by atoms with van der Waals surface area (Å²) in [5, 5.41) is 23.2. The third kappa shape index (κ3) is 3.74. The molecule has 0 spiro atoms. The molecule has 0 aromatic carbocycles. The van der Waals surface area contributed by atoms with Crippen molar-refractivity contribution in [2.24, 2.45) is 0 Å². The number of ether oxygens (including phenoxy) is 3. The summed E-state index contributed by atoms with van der Waals surface area (Å²) in [6, 6.07) is -0.338. The Morgan fingerprint density at radius 3 is 2.77 bits per heavy atom. The van der Waals surface area contributed by atoms with E-state index in [1.807, 2.05) is 0 Å². The van der Waals surface area contributed by atoms with Crippen molar-refractivity contribution in [2.45, 2.75) is 57.3 Å². The fraction of sp³-hybridized carbons (Fsp3) is 0.733. The fourth-order valence-corrected chi connectivity index (χ4v) is 3.69. The van der Waals surface area contributed by atoms with Crippen LogP contribution in [0.5, 0.6) is 0 Å². The molecular weight excluding hydrogens is 368 g/mol. The van der Waals surface area contributed by atoms with E-state index < -0.39 is 10.7 Å². The zero-order valence-corrected chi connectivity index (χ0v) is 15.4. The molecule has 1 saturated carbocycles. The van der Waals surface area contributed by atoms with E-state index in [0.717, 1.165) is 0 Å². The Hall–Kier alpha value is -1.59. The van der Waals surface area contributed by atoms with E-state index in [-0.39, 0.29) is 54.2 Å². The van der Waals surface area contributed by atoms with Gasteiger partial charge in [-0.05, 0) is 27.2 Å².